The van der Waals surface area contributed by atoms with Crippen molar-refractivity contribution in [3.63, 3.8) is 0 Å². The molecule has 1 heterocycles. The van der Waals surface area contributed by atoms with Gasteiger partial charge in [-0.1, -0.05) is 6.92 Å². The van der Waals surface area contributed by atoms with Gasteiger partial charge in [-0.3, -0.25) is 0 Å². The van der Waals surface area contributed by atoms with Crippen molar-refractivity contribution in [2.45, 2.75) is 19.8 Å². The van der Waals surface area contributed by atoms with E-state index < -0.39 is 0 Å². The van der Waals surface area contributed by atoms with E-state index in [-0.39, 0.29) is 0 Å². The molecule has 1 aromatic heterocycles. The van der Waals surface area contributed by atoms with E-state index in [1.54, 1.807) is 18.4 Å². The van der Waals surface area contributed by atoms with E-state index in [2.05, 4.69) is 11.9 Å². The number of anilines is 1. The second kappa shape index (κ2) is 7.26. The molecule has 0 bridgehead atoms. The molecule has 0 radical (unpaired) electrons. The SMILES string of the molecule is CCCOc1ccc(-c2csc(CCOC)n2)cc1N. The summed E-state index contributed by atoms with van der Waals surface area (Å²) in [7, 11) is 1.70. The first-order chi connectivity index (χ1) is 9.74. The topological polar surface area (TPSA) is 57.4 Å². The molecule has 0 aliphatic carbocycles. The van der Waals surface area contributed by atoms with E-state index in [0.717, 1.165) is 34.9 Å². The molecular weight excluding hydrogens is 272 g/mol. The zero-order valence-corrected chi connectivity index (χ0v) is 12.7. The number of hydrogen-bond donors (Lipinski definition) is 1. The summed E-state index contributed by atoms with van der Waals surface area (Å²) in [6, 6.07) is 5.82. The van der Waals surface area contributed by atoms with Gasteiger partial charge in [-0.15, -0.1) is 11.3 Å². The zero-order valence-electron chi connectivity index (χ0n) is 11.9. The number of ether oxygens (including phenoxy) is 2. The molecule has 4 nitrogen and oxygen atoms in total. The van der Waals surface area contributed by atoms with E-state index in [1.807, 2.05) is 23.6 Å². The molecule has 0 saturated heterocycles. The lowest BCUT2D eigenvalue weighted by Crippen LogP contribution is -1.99. The van der Waals surface area contributed by atoms with Gasteiger partial charge in [-0.2, -0.15) is 0 Å². The van der Waals surface area contributed by atoms with Gasteiger partial charge >= 0.3 is 0 Å². The van der Waals surface area contributed by atoms with Crippen LogP contribution in [0.25, 0.3) is 11.3 Å². The Kier molecular flexibility index (Phi) is 5.38. The third-order valence-corrected chi connectivity index (χ3v) is 3.75. The average Bonchev–Trinajstić information content (AvgIpc) is 2.92. The summed E-state index contributed by atoms with van der Waals surface area (Å²) in [5.74, 6) is 0.741. The predicted molar refractivity (Wildman–Crippen MR) is 83.3 cm³/mol. The quantitative estimate of drug-likeness (QED) is 0.795. The van der Waals surface area contributed by atoms with Crippen LogP contribution in [-0.2, 0) is 11.2 Å². The van der Waals surface area contributed by atoms with Crippen molar-refractivity contribution in [3.05, 3.63) is 28.6 Å². The summed E-state index contributed by atoms with van der Waals surface area (Å²) >= 11 is 1.65. The van der Waals surface area contributed by atoms with Gasteiger partial charge in [-0.05, 0) is 24.6 Å². The number of aromatic nitrogens is 1. The lowest BCUT2D eigenvalue weighted by atomic mass is 10.1. The molecule has 0 saturated carbocycles. The molecule has 0 aliphatic rings. The maximum Gasteiger partial charge on any atom is 0.142 e. The molecule has 20 heavy (non-hydrogen) atoms. The molecule has 0 fully saturated rings. The van der Waals surface area contributed by atoms with Crippen LogP contribution >= 0.6 is 11.3 Å². The van der Waals surface area contributed by atoms with Crippen LogP contribution in [-0.4, -0.2) is 25.3 Å². The molecule has 0 spiro atoms. The van der Waals surface area contributed by atoms with Crippen LogP contribution in [0.4, 0.5) is 5.69 Å². The molecule has 5 heteroatoms. The second-order valence-electron chi connectivity index (χ2n) is 4.47. The summed E-state index contributed by atoms with van der Waals surface area (Å²) < 4.78 is 10.6. The Labute approximate surface area is 123 Å². The first-order valence-electron chi connectivity index (χ1n) is 6.70. The maximum absolute atomic E-state index is 6.02. The zero-order chi connectivity index (χ0) is 14.4. The number of nitrogen functional groups attached to an aromatic ring is 1. The molecule has 108 valence electrons. The number of benzene rings is 1. The molecule has 0 unspecified atom stereocenters. The number of methoxy groups -OCH3 is 1. The summed E-state index contributed by atoms with van der Waals surface area (Å²) in [5.41, 5.74) is 8.65. The Morgan fingerprint density at radius 2 is 2.15 bits per heavy atom. The summed E-state index contributed by atoms with van der Waals surface area (Å²) in [6.07, 6.45) is 1.81. The molecule has 0 atom stereocenters. The molecule has 2 rings (SSSR count). The minimum atomic E-state index is 0.655. The van der Waals surface area contributed by atoms with E-state index in [9.17, 15) is 0 Å². The number of nitrogens with zero attached hydrogens (tertiary/aromatic N) is 1. The molecular formula is C15H20N2O2S. The Balaban J connectivity index is 2.12. The Bertz CT molecular complexity index is 555. The molecule has 1 aromatic carbocycles. The summed E-state index contributed by atoms with van der Waals surface area (Å²) in [4.78, 5) is 4.59. The van der Waals surface area contributed by atoms with Crippen molar-refractivity contribution in [1.82, 2.24) is 4.98 Å². The standard InChI is InChI=1S/C15H20N2O2S/c1-3-7-19-14-5-4-11(9-12(14)16)13-10-20-15(17-13)6-8-18-2/h4-5,9-10H,3,6-8,16H2,1-2H3. The van der Waals surface area contributed by atoms with Crippen molar-refractivity contribution in [3.8, 4) is 17.0 Å². The highest BCUT2D eigenvalue weighted by atomic mass is 32.1. The van der Waals surface area contributed by atoms with Gasteiger partial charge in [0.2, 0.25) is 0 Å². The van der Waals surface area contributed by atoms with Crippen LogP contribution in [0.15, 0.2) is 23.6 Å². The van der Waals surface area contributed by atoms with Crippen LogP contribution in [0.5, 0.6) is 5.75 Å². The molecule has 2 aromatic rings. The smallest absolute Gasteiger partial charge is 0.142 e. The first kappa shape index (κ1) is 14.8. The number of hydrogen-bond acceptors (Lipinski definition) is 5. The monoisotopic (exact) mass is 292 g/mol. The number of rotatable bonds is 7. The van der Waals surface area contributed by atoms with Gasteiger partial charge in [0.25, 0.3) is 0 Å². The van der Waals surface area contributed by atoms with Crippen LogP contribution < -0.4 is 10.5 Å². The van der Waals surface area contributed by atoms with Gasteiger partial charge in [0.1, 0.15) is 5.75 Å². The molecule has 0 amide bonds. The van der Waals surface area contributed by atoms with Crippen LogP contribution in [0.2, 0.25) is 0 Å². The fourth-order valence-electron chi connectivity index (χ4n) is 1.80. The Morgan fingerprint density at radius 1 is 1.30 bits per heavy atom. The van der Waals surface area contributed by atoms with E-state index in [0.29, 0.717) is 18.9 Å². The van der Waals surface area contributed by atoms with Gasteiger partial charge < -0.3 is 15.2 Å². The summed E-state index contributed by atoms with van der Waals surface area (Å²) in [5, 5.41) is 3.12. The van der Waals surface area contributed by atoms with Gasteiger partial charge in [0, 0.05) is 24.5 Å². The fourth-order valence-corrected chi connectivity index (χ4v) is 2.59. The first-order valence-corrected chi connectivity index (χ1v) is 7.58. The minimum absolute atomic E-state index is 0.655. The van der Waals surface area contributed by atoms with E-state index in [1.165, 1.54) is 0 Å². The third kappa shape index (κ3) is 3.71. The third-order valence-electron chi connectivity index (χ3n) is 2.84. The van der Waals surface area contributed by atoms with E-state index in [4.69, 9.17) is 15.2 Å². The average molecular weight is 292 g/mol. The highest BCUT2D eigenvalue weighted by molar-refractivity contribution is 7.09. The van der Waals surface area contributed by atoms with Gasteiger partial charge in [-0.25, -0.2) is 4.98 Å². The van der Waals surface area contributed by atoms with E-state index >= 15 is 0 Å². The van der Waals surface area contributed by atoms with Crippen molar-refractivity contribution in [2.75, 3.05) is 26.1 Å². The van der Waals surface area contributed by atoms with Crippen molar-refractivity contribution in [1.29, 1.82) is 0 Å². The molecule has 2 N–H and O–H groups in total. The van der Waals surface area contributed by atoms with Gasteiger partial charge in [0.05, 0.1) is 29.6 Å². The minimum Gasteiger partial charge on any atom is -0.491 e. The van der Waals surface area contributed by atoms with Crippen LogP contribution in [0, 0.1) is 0 Å². The summed E-state index contributed by atoms with van der Waals surface area (Å²) in [6.45, 7) is 3.45. The second-order valence-corrected chi connectivity index (χ2v) is 5.41. The van der Waals surface area contributed by atoms with Crippen LogP contribution in [0.3, 0.4) is 0 Å². The lowest BCUT2D eigenvalue weighted by Gasteiger charge is -2.08. The normalized spacial score (nSPS) is 10.7. The highest BCUT2D eigenvalue weighted by Gasteiger charge is 2.07. The molecule has 0 aliphatic heterocycles. The van der Waals surface area contributed by atoms with Crippen molar-refractivity contribution in [2.24, 2.45) is 0 Å². The van der Waals surface area contributed by atoms with Gasteiger partial charge in [0.15, 0.2) is 0 Å². The highest BCUT2D eigenvalue weighted by Crippen LogP contribution is 2.29. The number of thiazole rings is 1. The largest absolute Gasteiger partial charge is 0.491 e. The Morgan fingerprint density at radius 3 is 2.85 bits per heavy atom. The number of nitrogens with two attached hydrogens (primary N) is 1. The maximum atomic E-state index is 6.02. The lowest BCUT2D eigenvalue weighted by molar-refractivity contribution is 0.202. The fraction of sp³-hybridized carbons (Fsp3) is 0.400. The van der Waals surface area contributed by atoms with Crippen LogP contribution in [0.1, 0.15) is 18.4 Å². The predicted octanol–water partition coefficient (Wildman–Crippen LogP) is 3.37. The Hall–Kier alpha value is -1.59. The van der Waals surface area contributed by atoms with Crippen molar-refractivity contribution < 1.29 is 9.47 Å². The van der Waals surface area contributed by atoms with Crippen molar-refractivity contribution >= 4 is 17.0 Å².